The van der Waals surface area contributed by atoms with Gasteiger partial charge in [0.25, 0.3) is 0 Å². The topological polar surface area (TPSA) is 78.9 Å². The van der Waals surface area contributed by atoms with Crippen LogP contribution >= 0.6 is 0 Å². The van der Waals surface area contributed by atoms with E-state index in [9.17, 15) is 14.4 Å². The lowest BCUT2D eigenvalue weighted by Crippen LogP contribution is -2.30. The normalized spacial score (nSPS) is 12.5. The molecule has 0 aromatic heterocycles. The summed E-state index contributed by atoms with van der Waals surface area (Å²) in [7, 11) is 0. The summed E-state index contributed by atoms with van der Waals surface area (Å²) in [4.78, 5) is 38.4. The number of hydrogen-bond donors (Lipinski definition) is 0. The quantitative estimate of drug-likeness (QED) is 0.0261. The van der Waals surface area contributed by atoms with E-state index in [0.29, 0.717) is 19.3 Å². The van der Waals surface area contributed by atoms with Gasteiger partial charge in [-0.25, -0.2) is 0 Å². The summed E-state index contributed by atoms with van der Waals surface area (Å²) in [5.74, 6) is -0.966. The van der Waals surface area contributed by atoms with Crippen molar-refractivity contribution in [1.29, 1.82) is 0 Å². The van der Waals surface area contributed by atoms with Crippen LogP contribution < -0.4 is 0 Å². The van der Waals surface area contributed by atoms with E-state index in [2.05, 4.69) is 87.6 Å². The number of hydrogen-bond acceptors (Lipinski definition) is 6. The number of ether oxygens (including phenoxy) is 3. The minimum atomic E-state index is -0.807. The fraction of sp³-hybridized carbons (Fsp3) is 0.803. The van der Waals surface area contributed by atoms with Crippen LogP contribution in [0.2, 0.25) is 0 Å². The number of rotatable bonds is 66. The van der Waals surface area contributed by atoms with Gasteiger partial charge < -0.3 is 14.2 Å². The predicted molar refractivity (Wildman–Crippen MR) is 358 cm³/mol. The molecule has 0 bridgehead atoms. The summed E-state index contributed by atoms with van der Waals surface area (Å²) in [6, 6.07) is 0. The van der Waals surface area contributed by atoms with Crippen LogP contribution in [0.15, 0.2) is 72.9 Å². The van der Waals surface area contributed by atoms with Gasteiger partial charge in [-0.05, 0) is 77.0 Å². The summed E-state index contributed by atoms with van der Waals surface area (Å²) in [6.07, 6.45) is 92.5. The first kappa shape index (κ1) is 78.8. The molecule has 1 atom stereocenters. The van der Waals surface area contributed by atoms with Gasteiger partial charge >= 0.3 is 17.9 Å². The van der Waals surface area contributed by atoms with Gasteiger partial charge in [-0.15, -0.1) is 0 Å². The molecule has 0 fully saturated rings. The molecular formula is C76H136O6. The zero-order valence-corrected chi connectivity index (χ0v) is 54.8. The molecule has 0 rings (SSSR count). The van der Waals surface area contributed by atoms with Crippen LogP contribution in [0.5, 0.6) is 0 Å². The molecule has 0 aliphatic carbocycles. The van der Waals surface area contributed by atoms with Crippen LogP contribution in [0.1, 0.15) is 374 Å². The van der Waals surface area contributed by atoms with Gasteiger partial charge in [-0.3, -0.25) is 14.4 Å². The number of allylic oxidation sites excluding steroid dienone is 12. The molecule has 0 saturated carbocycles. The van der Waals surface area contributed by atoms with E-state index in [1.165, 1.54) is 257 Å². The van der Waals surface area contributed by atoms with Crippen LogP contribution in [0.4, 0.5) is 0 Å². The molecule has 82 heavy (non-hydrogen) atoms. The van der Waals surface area contributed by atoms with Gasteiger partial charge in [-0.1, -0.05) is 351 Å². The molecule has 0 aliphatic rings. The summed E-state index contributed by atoms with van der Waals surface area (Å²) < 4.78 is 16.9. The van der Waals surface area contributed by atoms with Crippen LogP contribution in [-0.2, 0) is 28.6 Å². The maximum atomic E-state index is 12.9. The first-order valence-corrected chi connectivity index (χ1v) is 35.9. The largest absolute Gasteiger partial charge is 0.462 e. The smallest absolute Gasteiger partial charge is 0.306 e. The second-order valence-corrected chi connectivity index (χ2v) is 24.1. The number of carbonyl (C=O) groups is 3. The summed E-state index contributed by atoms with van der Waals surface area (Å²) in [6.45, 7) is 6.50. The highest BCUT2D eigenvalue weighted by atomic mass is 16.6. The van der Waals surface area contributed by atoms with E-state index >= 15 is 0 Å². The van der Waals surface area contributed by atoms with Gasteiger partial charge in [0, 0.05) is 19.3 Å². The van der Waals surface area contributed by atoms with Crippen LogP contribution in [0.3, 0.4) is 0 Å². The molecular weight excluding hydrogens is 1010 g/mol. The van der Waals surface area contributed by atoms with E-state index in [0.717, 1.165) is 70.6 Å². The van der Waals surface area contributed by atoms with Gasteiger partial charge in [0.2, 0.25) is 0 Å². The molecule has 0 saturated heterocycles. The van der Waals surface area contributed by atoms with Crippen molar-refractivity contribution in [2.24, 2.45) is 0 Å². The zero-order chi connectivity index (χ0) is 59.2. The fourth-order valence-corrected chi connectivity index (χ4v) is 10.6. The molecule has 0 aliphatic heterocycles. The number of esters is 3. The van der Waals surface area contributed by atoms with Crippen molar-refractivity contribution < 1.29 is 28.6 Å². The molecule has 6 nitrogen and oxygen atoms in total. The Balaban J connectivity index is 4.22. The highest BCUT2D eigenvalue weighted by Crippen LogP contribution is 2.18. The maximum absolute atomic E-state index is 12.9. The highest BCUT2D eigenvalue weighted by Gasteiger charge is 2.19. The van der Waals surface area contributed by atoms with Crippen molar-refractivity contribution in [3.63, 3.8) is 0 Å². The van der Waals surface area contributed by atoms with Gasteiger partial charge in [0.05, 0.1) is 0 Å². The monoisotopic (exact) mass is 1150 g/mol. The Morgan fingerprint density at radius 1 is 0.256 bits per heavy atom. The van der Waals surface area contributed by atoms with Gasteiger partial charge in [0.15, 0.2) is 6.10 Å². The van der Waals surface area contributed by atoms with Crippen molar-refractivity contribution in [2.45, 2.75) is 380 Å². The Hall–Kier alpha value is -3.15. The van der Waals surface area contributed by atoms with Crippen molar-refractivity contribution in [1.82, 2.24) is 0 Å². The number of unbranched alkanes of at least 4 members (excludes halogenated alkanes) is 43. The van der Waals surface area contributed by atoms with Crippen LogP contribution in [0, 0.1) is 0 Å². The van der Waals surface area contributed by atoms with Gasteiger partial charge in [-0.2, -0.15) is 0 Å². The highest BCUT2D eigenvalue weighted by molar-refractivity contribution is 5.71. The van der Waals surface area contributed by atoms with Crippen molar-refractivity contribution in [3.8, 4) is 0 Å². The average molecular weight is 1150 g/mol. The maximum Gasteiger partial charge on any atom is 0.306 e. The molecule has 6 heteroatoms. The Kier molecular flexibility index (Phi) is 67.6. The summed E-state index contributed by atoms with van der Waals surface area (Å²) in [5, 5.41) is 0. The fourth-order valence-electron chi connectivity index (χ4n) is 10.6. The Labute approximate surface area is 510 Å². The van der Waals surface area contributed by atoms with E-state index < -0.39 is 6.10 Å². The Morgan fingerprint density at radius 2 is 0.500 bits per heavy atom. The molecule has 0 heterocycles. The zero-order valence-electron chi connectivity index (χ0n) is 54.8. The van der Waals surface area contributed by atoms with Crippen molar-refractivity contribution >= 4 is 17.9 Å². The standard InChI is InChI=1S/C76H136O6/c1-4-7-10-13-16-19-22-25-27-29-31-33-34-35-36-37-38-39-40-41-43-44-46-48-51-54-57-60-63-66-69-75(78)81-72-73(71-80-74(77)68-65-62-59-56-53-50-24-21-18-15-12-9-6-3)82-76(79)70-67-64-61-58-55-52-49-47-45-42-32-30-28-26-23-20-17-14-11-8-5-2/h9,12,18,21,23,26,30,32,50,53,59,62,73H,4-8,10-11,13-17,19-20,22,24-25,27-29,31,33-49,51-52,54-58,60-61,63-72H2,1-3H3/b12-9-,21-18-,26-23-,32-30-,53-50-,62-59-. The molecule has 0 amide bonds. The molecule has 0 radical (unpaired) electrons. The summed E-state index contributed by atoms with van der Waals surface area (Å²) >= 11 is 0. The lowest BCUT2D eigenvalue weighted by atomic mass is 10.0. The molecule has 476 valence electrons. The second-order valence-electron chi connectivity index (χ2n) is 24.1. The first-order chi connectivity index (χ1) is 40.5. The second kappa shape index (κ2) is 70.3. The Morgan fingerprint density at radius 3 is 0.817 bits per heavy atom. The Bertz CT molecular complexity index is 1500. The molecule has 0 N–H and O–H groups in total. The van der Waals surface area contributed by atoms with Crippen molar-refractivity contribution in [2.75, 3.05) is 13.2 Å². The third-order valence-corrected chi connectivity index (χ3v) is 16.0. The molecule has 0 aromatic rings. The predicted octanol–water partition coefficient (Wildman–Crippen LogP) is 24.8. The third-order valence-electron chi connectivity index (χ3n) is 16.0. The lowest BCUT2D eigenvalue weighted by Gasteiger charge is -2.18. The molecule has 0 spiro atoms. The van der Waals surface area contributed by atoms with E-state index in [4.69, 9.17) is 14.2 Å². The average Bonchev–Trinajstić information content (AvgIpc) is 3.47. The van der Waals surface area contributed by atoms with Crippen molar-refractivity contribution in [3.05, 3.63) is 72.9 Å². The minimum Gasteiger partial charge on any atom is -0.462 e. The van der Waals surface area contributed by atoms with Crippen LogP contribution in [0.25, 0.3) is 0 Å². The van der Waals surface area contributed by atoms with E-state index in [1.807, 2.05) is 6.08 Å². The lowest BCUT2D eigenvalue weighted by molar-refractivity contribution is -0.166. The summed E-state index contributed by atoms with van der Waals surface area (Å²) in [5.41, 5.74) is 0. The van der Waals surface area contributed by atoms with E-state index in [-0.39, 0.29) is 37.5 Å². The van der Waals surface area contributed by atoms with Crippen LogP contribution in [-0.4, -0.2) is 37.2 Å². The minimum absolute atomic E-state index is 0.0960. The molecule has 0 aromatic carbocycles. The molecule has 1 unspecified atom stereocenters. The SMILES string of the molecule is CC/C=C\C/C=C\C/C=C\C/C=C\CCC(=O)OCC(COC(=O)CCCCCCCCCCCCCCCCCCCCCCCCCCCCCCCC)OC(=O)CCCCCCCCCCC/C=C\C/C=C\CCCCCCC. The van der Waals surface area contributed by atoms with E-state index in [1.54, 1.807) is 0 Å². The third kappa shape index (κ3) is 67.6. The number of carbonyl (C=O) groups excluding carboxylic acids is 3. The first-order valence-electron chi connectivity index (χ1n) is 35.9. The van der Waals surface area contributed by atoms with Gasteiger partial charge in [0.1, 0.15) is 13.2 Å².